The quantitative estimate of drug-likeness (QED) is 0.611. The van der Waals surface area contributed by atoms with Gasteiger partial charge in [-0.25, -0.2) is 8.42 Å². The van der Waals surface area contributed by atoms with Gasteiger partial charge in [-0.05, 0) is 96.8 Å². The van der Waals surface area contributed by atoms with Crippen LogP contribution in [0.2, 0.25) is 0 Å². The maximum atomic E-state index is 12.4. The molecule has 1 aromatic carbocycles. The lowest BCUT2D eigenvalue weighted by atomic mass is 9.80. The van der Waals surface area contributed by atoms with Crippen LogP contribution in [0.3, 0.4) is 0 Å². The molecule has 0 atom stereocenters. The molecule has 0 saturated heterocycles. The Bertz CT molecular complexity index is 683. The van der Waals surface area contributed by atoms with Crippen LogP contribution in [0.1, 0.15) is 79.2 Å². The first-order valence-corrected chi connectivity index (χ1v) is 12.0. The minimum Gasteiger partial charge on any atom is -0.488 e. The molecule has 1 saturated carbocycles. The minimum absolute atomic E-state index is 0.166. The molecule has 0 heterocycles. The van der Waals surface area contributed by atoms with Crippen molar-refractivity contribution >= 4 is 9.84 Å². The lowest BCUT2D eigenvalue weighted by molar-refractivity contribution is 0.131. The van der Waals surface area contributed by atoms with E-state index in [4.69, 9.17) is 4.74 Å². The first-order chi connectivity index (χ1) is 12.4. The Morgan fingerprint density at radius 2 is 1.41 bits per heavy atom. The van der Waals surface area contributed by atoms with E-state index in [0.717, 1.165) is 43.8 Å². The van der Waals surface area contributed by atoms with E-state index in [2.05, 4.69) is 45.0 Å². The van der Waals surface area contributed by atoms with E-state index in [0.29, 0.717) is 11.7 Å². The molecule has 154 valence electrons. The number of hydrogen-bond acceptors (Lipinski definition) is 3. The molecule has 4 heteroatoms. The van der Waals surface area contributed by atoms with E-state index in [-0.39, 0.29) is 5.60 Å². The van der Waals surface area contributed by atoms with E-state index in [1.165, 1.54) is 12.0 Å². The first kappa shape index (κ1) is 22.3. The summed E-state index contributed by atoms with van der Waals surface area (Å²) in [5.74, 6) is 2.36. The highest BCUT2D eigenvalue weighted by Crippen LogP contribution is 2.34. The third-order valence-electron chi connectivity index (χ3n) is 5.54. The highest BCUT2D eigenvalue weighted by atomic mass is 32.2. The van der Waals surface area contributed by atoms with E-state index in [1.54, 1.807) is 0 Å². The van der Waals surface area contributed by atoms with Crippen LogP contribution in [0, 0.1) is 11.8 Å². The van der Waals surface area contributed by atoms with Crippen molar-refractivity contribution in [2.45, 2.75) is 90.4 Å². The van der Waals surface area contributed by atoms with Gasteiger partial charge in [0, 0.05) is 0 Å². The monoisotopic (exact) mass is 394 g/mol. The maximum Gasteiger partial charge on any atom is 0.155 e. The van der Waals surface area contributed by atoms with Gasteiger partial charge in [0.05, 0.1) is 10.5 Å². The molecule has 2 rings (SSSR count). The predicted octanol–water partition coefficient (Wildman–Crippen LogP) is 5.82. The largest absolute Gasteiger partial charge is 0.488 e. The Hall–Kier alpha value is -1.03. The molecule has 0 aromatic heterocycles. The van der Waals surface area contributed by atoms with Gasteiger partial charge < -0.3 is 4.74 Å². The smallest absolute Gasteiger partial charge is 0.155 e. The zero-order chi connectivity index (χ0) is 20.3. The number of rotatable bonds is 6. The lowest BCUT2D eigenvalue weighted by Gasteiger charge is -2.30. The van der Waals surface area contributed by atoms with Gasteiger partial charge in [0.15, 0.2) is 9.84 Å². The van der Waals surface area contributed by atoms with Gasteiger partial charge in [-0.3, -0.25) is 0 Å². The van der Waals surface area contributed by atoms with Gasteiger partial charge in [-0.2, -0.15) is 0 Å². The Morgan fingerprint density at radius 3 is 1.89 bits per heavy atom. The van der Waals surface area contributed by atoms with Gasteiger partial charge in [-0.15, -0.1) is 0 Å². The number of ether oxygens (including phenoxy) is 1. The molecule has 0 bridgehead atoms. The van der Waals surface area contributed by atoms with Crippen molar-refractivity contribution in [2.24, 2.45) is 11.8 Å². The van der Waals surface area contributed by atoms with Crippen LogP contribution in [-0.4, -0.2) is 24.5 Å². The second-order valence-electron chi connectivity index (χ2n) is 10.2. The summed E-state index contributed by atoms with van der Waals surface area (Å²) >= 11 is 0. The summed E-state index contributed by atoms with van der Waals surface area (Å²) in [4.78, 5) is 0. The second kappa shape index (κ2) is 8.55. The maximum absolute atomic E-state index is 12.4. The Labute approximate surface area is 166 Å². The fourth-order valence-corrected chi connectivity index (χ4v) is 5.15. The lowest BCUT2D eigenvalue weighted by Crippen LogP contribution is -2.34. The van der Waals surface area contributed by atoms with Gasteiger partial charge in [-0.1, -0.05) is 25.0 Å². The zero-order valence-corrected chi connectivity index (χ0v) is 18.9. The average molecular weight is 395 g/mol. The minimum atomic E-state index is -3.00. The van der Waals surface area contributed by atoms with Crippen molar-refractivity contribution in [1.29, 1.82) is 0 Å². The average Bonchev–Trinajstić information content (AvgIpc) is 2.53. The molecular weight excluding hydrogens is 356 g/mol. The standard InChI is InChI=1S/C23H38O3S/c1-22(2,3)26-21-15-13-19(14-16-21)8-7-18-9-11-20(12-10-18)17-27(24,25)23(4,5)6/h13-16,18,20H,7-12,17H2,1-6H3. The summed E-state index contributed by atoms with van der Waals surface area (Å²) in [5, 5.41) is 0. The van der Waals surface area contributed by atoms with E-state index in [1.807, 2.05) is 20.8 Å². The van der Waals surface area contributed by atoms with Gasteiger partial charge in [0.2, 0.25) is 0 Å². The van der Waals surface area contributed by atoms with Crippen LogP contribution in [0.4, 0.5) is 0 Å². The normalized spacial score (nSPS) is 21.9. The van der Waals surface area contributed by atoms with Gasteiger partial charge in [0.1, 0.15) is 11.4 Å². The highest BCUT2D eigenvalue weighted by molar-refractivity contribution is 7.92. The molecule has 0 N–H and O–H groups in total. The molecule has 27 heavy (non-hydrogen) atoms. The Kier molecular flexibility index (Phi) is 7.05. The highest BCUT2D eigenvalue weighted by Gasteiger charge is 2.33. The van der Waals surface area contributed by atoms with Gasteiger partial charge in [0.25, 0.3) is 0 Å². The summed E-state index contributed by atoms with van der Waals surface area (Å²) in [5.41, 5.74) is 1.19. The third kappa shape index (κ3) is 7.14. The topological polar surface area (TPSA) is 43.4 Å². The molecule has 1 aliphatic carbocycles. The molecule has 1 aromatic rings. The molecule has 0 spiro atoms. The van der Waals surface area contributed by atoms with Crippen molar-refractivity contribution in [1.82, 2.24) is 0 Å². The fraction of sp³-hybridized carbons (Fsp3) is 0.739. The van der Waals surface area contributed by atoms with Crippen LogP contribution in [-0.2, 0) is 16.3 Å². The van der Waals surface area contributed by atoms with Crippen LogP contribution in [0.5, 0.6) is 5.75 Å². The summed E-state index contributed by atoms with van der Waals surface area (Å²) in [7, 11) is -3.00. The SMILES string of the molecule is CC(C)(C)Oc1ccc(CCC2CCC(CS(=O)(=O)C(C)(C)C)CC2)cc1. The Balaban J connectivity index is 1.76. The molecule has 1 fully saturated rings. The van der Waals surface area contributed by atoms with E-state index in [9.17, 15) is 8.42 Å². The fourth-order valence-electron chi connectivity index (χ4n) is 3.70. The number of benzene rings is 1. The van der Waals surface area contributed by atoms with Crippen LogP contribution in [0.15, 0.2) is 24.3 Å². The van der Waals surface area contributed by atoms with Crippen molar-refractivity contribution in [2.75, 3.05) is 5.75 Å². The third-order valence-corrected chi connectivity index (χ3v) is 8.32. The van der Waals surface area contributed by atoms with Crippen molar-refractivity contribution < 1.29 is 13.2 Å². The molecule has 0 unspecified atom stereocenters. The Morgan fingerprint density at radius 1 is 0.889 bits per heavy atom. The van der Waals surface area contributed by atoms with E-state index >= 15 is 0 Å². The molecule has 0 amide bonds. The van der Waals surface area contributed by atoms with Crippen molar-refractivity contribution in [3.63, 3.8) is 0 Å². The van der Waals surface area contributed by atoms with Crippen molar-refractivity contribution in [3.05, 3.63) is 29.8 Å². The second-order valence-corrected chi connectivity index (χ2v) is 13.0. The van der Waals surface area contributed by atoms with Crippen LogP contribution in [0.25, 0.3) is 0 Å². The number of hydrogen-bond donors (Lipinski definition) is 0. The number of aryl methyl sites for hydroxylation is 1. The number of sulfone groups is 1. The van der Waals surface area contributed by atoms with Crippen LogP contribution >= 0.6 is 0 Å². The van der Waals surface area contributed by atoms with Crippen molar-refractivity contribution in [3.8, 4) is 5.75 Å². The molecule has 3 nitrogen and oxygen atoms in total. The predicted molar refractivity (Wildman–Crippen MR) is 114 cm³/mol. The molecular formula is C23H38O3S. The molecule has 0 aliphatic heterocycles. The summed E-state index contributed by atoms with van der Waals surface area (Å²) in [6.07, 6.45) is 6.71. The van der Waals surface area contributed by atoms with Crippen LogP contribution < -0.4 is 4.74 Å². The molecule has 0 radical (unpaired) electrons. The summed E-state index contributed by atoms with van der Waals surface area (Å²) in [6.45, 7) is 11.6. The first-order valence-electron chi connectivity index (χ1n) is 10.4. The van der Waals surface area contributed by atoms with E-state index < -0.39 is 14.6 Å². The molecule has 1 aliphatic rings. The van der Waals surface area contributed by atoms with Gasteiger partial charge >= 0.3 is 0 Å². The zero-order valence-electron chi connectivity index (χ0n) is 18.0. The summed E-state index contributed by atoms with van der Waals surface area (Å²) < 4.78 is 30.1. The summed E-state index contributed by atoms with van der Waals surface area (Å²) in [6, 6.07) is 8.47.